The van der Waals surface area contributed by atoms with E-state index in [0.717, 1.165) is 27.2 Å². The molecule has 1 aliphatic heterocycles. The van der Waals surface area contributed by atoms with Crippen LogP contribution in [-0.4, -0.2) is 73.7 Å². The molecule has 0 unspecified atom stereocenters. The molecule has 0 bridgehead atoms. The summed E-state index contributed by atoms with van der Waals surface area (Å²) >= 11 is 0. The molecule has 2 heterocycles. The molecule has 2 aliphatic rings. The summed E-state index contributed by atoms with van der Waals surface area (Å²) in [5, 5.41) is 61.9. The smallest absolute Gasteiger partial charge is 0.488 e. The van der Waals surface area contributed by atoms with Crippen molar-refractivity contribution in [2.75, 3.05) is 18.1 Å². The summed E-state index contributed by atoms with van der Waals surface area (Å²) in [6, 6.07) is 15.1. The zero-order valence-corrected chi connectivity index (χ0v) is 25.2. The molecule has 2 amide bonds. The monoisotopic (exact) mass is 612 g/mol. The summed E-state index contributed by atoms with van der Waals surface area (Å²) in [4.78, 5) is 32.8. The maximum Gasteiger partial charge on any atom is 0.488 e. The average molecular weight is 612 g/mol. The predicted molar refractivity (Wildman–Crippen MR) is 170 cm³/mol. The van der Waals surface area contributed by atoms with Crippen LogP contribution in [0.5, 0.6) is 5.75 Å². The zero-order valence-electron chi connectivity index (χ0n) is 25.2. The van der Waals surface area contributed by atoms with Crippen LogP contribution < -0.4 is 10.4 Å². The van der Waals surface area contributed by atoms with Crippen molar-refractivity contribution in [1.82, 2.24) is 4.98 Å². The molecule has 234 valence electrons. The van der Waals surface area contributed by atoms with E-state index in [1.54, 1.807) is 12.3 Å². The van der Waals surface area contributed by atoms with Crippen molar-refractivity contribution in [3.8, 4) is 5.75 Å². The van der Waals surface area contributed by atoms with Crippen LogP contribution in [0, 0.1) is 31.6 Å². The van der Waals surface area contributed by atoms with Crippen molar-refractivity contribution in [1.29, 1.82) is 0 Å². The summed E-state index contributed by atoms with van der Waals surface area (Å²) in [6.07, 6.45) is 3.08. The maximum atomic E-state index is 13.8. The Hall–Kier alpha value is -4.13. The first-order valence-electron chi connectivity index (χ1n) is 14.9. The molecule has 0 spiro atoms. The molecule has 4 atom stereocenters. The molecule has 45 heavy (non-hydrogen) atoms. The zero-order chi connectivity index (χ0) is 32.4. The minimum absolute atomic E-state index is 0.0441. The first-order chi connectivity index (χ1) is 21.5. The van der Waals surface area contributed by atoms with Crippen LogP contribution in [0.25, 0.3) is 11.6 Å². The lowest BCUT2D eigenvalue weighted by Gasteiger charge is -2.36. The van der Waals surface area contributed by atoms with Gasteiger partial charge in [0.25, 0.3) is 0 Å². The Bertz CT molecular complexity index is 1630. The molecule has 6 N–H and O–H groups in total. The summed E-state index contributed by atoms with van der Waals surface area (Å²) < 4.78 is 0. The average Bonchev–Trinajstić information content (AvgIpc) is 3.29. The second-order valence-corrected chi connectivity index (χ2v) is 11.8. The fraction of sp³-hybridized carbons (Fsp3) is 0.324. The van der Waals surface area contributed by atoms with Crippen LogP contribution in [0.3, 0.4) is 0 Å². The molecule has 10 nitrogen and oxygen atoms in total. The van der Waals surface area contributed by atoms with Crippen LogP contribution >= 0.6 is 0 Å². The van der Waals surface area contributed by atoms with Gasteiger partial charge in [0.05, 0.1) is 42.5 Å². The van der Waals surface area contributed by atoms with Gasteiger partial charge < -0.3 is 30.5 Å². The molecule has 1 fully saturated rings. The number of aromatic nitrogens is 1. The molecule has 11 heteroatoms. The van der Waals surface area contributed by atoms with Gasteiger partial charge in [0.1, 0.15) is 5.75 Å². The third-order valence-electron chi connectivity index (χ3n) is 8.89. The van der Waals surface area contributed by atoms with Gasteiger partial charge in [-0.05, 0) is 114 Å². The van der Waals surface area contributed by atoms with E-state index in [-0.39, 0.29) is 29.7 Å². The highest BCUT2D eigenvalue weighted by atomic mass is 16.4. The highest BCUT2D eigenvalue weighted by Gasteiger charge is 2.55. The fourth-order valence-corrected chi connectivity index (χ4v) is 6.73. The summed E-state index contributed by atoms with van der Waals surface area (Å²) in [6.45, 7) is 2.67. The van der Waals surface area contributed by atoms with E-state index in [0.29, 0.717) is 23.3 Å². The minimum atomic E-state index is -1.79. The lowest BCUT2D eigenvalue weighted by molar-refractivity contribution is -0.123. The van der Waals surface area contributed by atoms with E-state index in [2.05, 4.69) is 4.98 Å². The van der Waals surface area contributed by atoms with Crippen molar-refractivity contribution in [3.63, 3.8) is 0 Å². The van der Waals surface area contributed by atoms with Gasteiger partial charge in [-0.25, -0.2) is 0 Å². The van der Waals surface area contributed by atoms with Crippen molar-refractivity contribution >= 4 is 41.7 Å². The molecule has 2 aromatic carbocycles. The number of carbonyl (C=O) groups is 2. The first kappa shape index (κ1) is 32.3. The molecule has 1 saturated heterocycles. The number of carbonyl (C=O) groups excluding carboxylic acids is 2. The third-order valence-corrected chi connectivity index (χ3v) is 8.89. The maximum absolute atomic E-state index is 13.8. The van der Waals surface area contributed by atoms with E-state index in [1.165, 1.54) is 24.3 Å². The lowest BCUT2D eigenvalue weighted by Crippen LogP contribution is -2.39. The SMILES string of the molecule is Cc1cc(/C=C(/CC[C@@H](O)C2=C(CO)C[C@H]3C(=O)N(c4cccc(B(O)O)c4)C(=O)[C@H]3[C@H]2CO)c2ccccn2)cc(C)c1O. The minimum Gasteiger partial charge on any atom is -0.507 e. The van der Waals surface area contributed by atoms with Crippen LogP contribution in [0.1, 0.15) is 41.6 Å². The summed E-state index contributed by atoms with van der Waals surface area (Å²) in [5.74, 6) is -3.54. The number of aliphatic hydroxyl groups excluding tert-OH is 3. The molecule has 5 rings (SSSR count). The normalized spacial score (nSPS) is 20.9. The second kappa shape index (κ2) is 13.5. The number of allylic oxidation sites excluding steroid dienone is 1. The number of imide groups is 1. The Morgan fingerprint density at radius 1 is 1.04 bits per heavy atom. The molecule has 1 aliphatic carbocycles. The van der Waals surface area contributed by atoms with E-state index in [1.807, 2.05) is 44.2 Å². The third kappa shape index (κ3) is 6.35. The predicted octanol–water partition coefficient (Wildman–Crippen LogP) is 1.87. The number of anilines is 1. The van der Waals surface area contributed by atoms with Crippen LogP contribution in [0.2, 0.25) is 0 Å². The van der Waals surface area contributed by atoms with Crippen molar-refractivity contribution in [3.05, 3.63) is 94.3 Å². The van der Waals surface area contributed by atoms with Crippen molar-refractivity contribution in [2.45, 2.75) is 39.2 Å². The Morgan fingerprint density at radius 3 is 2.40 bits per heavy atom. The molecule has 0 radical (unpaired) electrons. The molecule has 1 aromatic heterocycles. The Kier molecular flexibility index (Phi) is 9.66. The molecular formula is C34H37BN2O8. The fourth-order valence-electron chi connectivity index (χ4n) is 6.73. The van der Waals surface area contributed by atoms with Gasteiger partial charge in [-0.2, -0.15) is 0 Å². The Labute approximate surface area is 261 Å². The topological polar surface area (TPSA) is 172 Å². The second-order valence-electron chi connectivity index (χ2n) is 11.8. The Balaban J connectivity index is 1.44. The van der Waals surface area contributed by atoms with E-state index < -0.39 is 56.0 Å². The van der Waals surface area contributed by atoms with Gasteiger partial charge >= 0.3 is 7.12 Å². The first-order valence-corrected chi connectivity index (χ1v) is 14.9. The molecule has 0 saturated carbocycles. The van der Waals surface area contributed by atoms with Gasteiger partial charge in [-0.3, -0.25) is 19.5 Å². The number of nitrogens with zero attached hydrogens (tertiary/aromatic N) is 2. The van der Waals surface area contributed by atoms with E-state index >= 15 is 0 Å². The lowest BCUT2D eigenvalue weighted by atomic mass is 9.68. The number of hydrogen-bond acceptors (Lipinski definition) is 9. The van der Waals surface area contributed by atoms with Gasteiger partial charge in [0.2, 0.25) is 11.8 Å². The van der Waals surface area contributed by atoms with Gasteiger partial charge in [-0.1, -0.05) is 18.2 Å². The number of fused-ring (bicyclic) bond motifs is 1. The molecular weight excluding hydrogens is 575 g/mol. The summed E-state index contributed by atoms with van der Waals surface area (Å²) in [5.41, 5.74) is 4.91. The van der Waals surface area contributed by atoms with Crippen LogP contribution in [0.4, 0.5) is 5.69 Å². The number of pyridine rings is 1. The van der Waals surface area contributed by atoms with E-state index in [9.17, 15) is 40.1 Å². The largest absolute Gasteiger partial charge is 0.507 e. The van der Waals surface area contributed by atoms with Crippen LogP contribution in [0.15, 0.2) is 71.9 Å². The van der Waals surface area contributed by atoms with Crippen molar-refractivity contribution in [2.24, 2.45) is 17.8 Å². The van der Waals surface area contributed by atoms with E-state index in [4.69, 9.17) is 0 Å². The number of aromatic hydroxyl groups is 1. The standard InChI is InChI=1S/C34H37BN2O8/c1-19-12-21(13-20(2)32(19)41)14-22(28-8-3-4-11-36-28)9-10-29(40)30-23(17-38)15-26-31(27(30)18-39)34(43)37(33(26)42)25-7-5-6-24(16-25)35(44)45/h3-8,11-14,16,26-27,29,31,38-41,44-45H,9-10,15,17-18H2,1-2H3/b22-14-/t26-,27+,29-,31-/m1/s1. The molecule has 3 aromatic rings. The number of amides is 2. The number of hydrogen-bond donors (Lipinski definition) is 6. The number of aryl methyl sites for hydroxylation is 2. The van der Waals surface area contributed by atoms with Gasteiger partial charge in [0.15, 0.2) is 0 Å². The number of aliphatic hydroxyl groups is 3. The number of phenolic OH excluding ortho intramolecular Hbond substituents is 1. The quantitative estimate of drug-likeness (QED) is 0.114. The number of phenols is 1. The number of rotatable bonds is 10. The number of benzene rings is 2. The highest BCUT2D eigenvalue weighted by molar-refractivity contribution is 6.58. The van der Waals surface area contributed by atoms with Crippen LogP contribution in [-0.2, 0) is 9.59 Å². The highest BCUT2D eigenvalue weighted by Crippen LogP contribution is 2.47. The Morgan fingerprint density at radius 2 is 1.78 bits per heavy atom. The van der Waals surface area contributed by atoms with Gasteiger partial charge in [-0.15, -0.1) is 0 Å². The van der Waals surface area contributed by atoms with Crippen molar-refractivity contribution < 1.29 is 40.1 Å². The van der Waals surface area contributed by atoms with Gasteiger partial charge in [0, 0.05) is 12.1 Å². The summed E-state index contributed by atoms with van der Waals surface area (Å²) in [7, 11) is -1.79.